The second kappa shape index (κ2) is 5.75. The van der Waals surface area contributed by atoms with Gasteiger partial charge in [-0.3, -0.25) is 0 Å². The minimum absolute atomic E-state index is 0.331. The first kappa shape index (κ1) is 12.8. The number of nitrogens with two attached hydrogens (primary N) is 1. The second-order valence-electron chi connectivity index (χ2n) is 3.17. The Hall–Kier alpha value is -1.23. The molecule has 0 amide bonds. The molecular formula is C11H14BrNO3. The Balaban J connectivity index is 2.76. The van der Waals surface area contributed by atoms with E-state index in [1.54, 1.807) is 32.0 Å². The van der Waals surface area contributed by atoms with E-state index in [1.165, 1.54) is 0 Å². The maximum Gasteiger partial charge on any atom is 0.347 e. The van der Waals surface area contributed by atoms with Gasteiger partial charge < -0.3 is 15.2 Å². The fourth-order valence-corrected chi connectivity index (χ4v) is 1.61. The van der Waals surface area contributed by atoms with Crippen LogP contribution in [-0.4, -0.2) is 18.7 Å². The largest absolute Gasteiger partial charge is 0.476 e. The van der Waals surface area contributed by atoms with Gasteiger partial charge in [0.05, 0.1) is 16.8 Å². The molecule has 1 rings (SSSR count). The van der Waals surface area contributed by atoms with Crippen LogP contribution in [0.2, 0.25) is 0 Å². The molecule has 0 heterocycles. The number of rotatable bonds is 4. The standard InChI is InChI=1S/C11H14BrNO3/c1-3-15-11(14)7(2)16-10-8(12)5-4-6-9(10)13/h4-7H,3,13H2,1-2H3. The molecule has 0 saturated heterocycles. The molecule has 16 heavy (non-hydrogen) atoms. The highest BCUT2D eigenvalue weighted by Gasteiger charge is 2.18. The number of ether oxygens (including phenoxy) is 2. The van der Waals surface area contributed by atoms with Gasteiger partial charge in [-0.2, -0.15) is 0 Å². The van der Waals surface area contributed by atoms with Crippen molar-refractivity contribution in [3.8, 4) is 5.75 Å². The maximum absolute atomic E-state index is 11.4. The van der Waals surface area contributed by atoms with Crippen LogP contribution in [0.4, 0.5) is 5.69 Å². The molecule has 1 aromatic rings. The highest BCUT2D eigenvalue weighted by atomic mass is 79.9. The van der Waals surface area contributed by atoms with Gasteiger partial charge in [0.1, 0.15) is 0 Å². The first-order valence-corrected chi connectivity index (χ1v) is 5.72. The third kappa shape index (κ3) is 3.13. The highest BCUT2D eigenvalue weighted by Crippen LogP contribution is 2.31. The van der Waals surface area contributed by atoms with Crippen LogP contribution >= 0.6 is 15.9 Å². The summed E-state index contributed by atoms with van der Waals surface area (Å²) in [5.41, 5.74) is 6.21. The van der Waals surface area contributed by atoms with Crippen LogP contribution in [0.15, 0.2) is 22.7 Å². The molecule has 0 saturated carbocycles. The Morgan fingerprint density at radius 3 is 2.81 bits per heavy atom. The van der Waals surface area contributed by atoms with Crippen molar-refractivity contribution < 1.29 is 14.3 Å². The zero-order valence-electron chi connectivity index (χ0n) is 9.20. The van der Waals surface area contributed by atoms with Gasteiger partial charge in [0, 0.05) is 0 Å². The molecule has 5 heteroatoms. The van der Waals surface area contributed by atoms with Crippen LogP contribution < -0.4 is 10.5 Å². The van der Waals surface area contributed by atoms with Gasteiger partial charge in [-0.25, -0.2) is 4.79 Å². The fourth-order valence-electron chi connectivity index (χ4n) is 1.13. The molecular weight excluding hydrogens is 274 g/mol. The zero-order chi connectivity index (χ0) is 12.1. The van der Waals surface area contributed by atoms with E-state index in [0.29, 0.717) is 22.5 Å². The van der Waals surface area contributed by atoms with Gasteiger partial charge in [0.2, 0.25) is 0 Å². The summed E-state index contributed by atoms with van der Waals surface area (Å²) in [4.78, 5) is 11.4. The number of hydrogen-bond donors (Lipinski definition) is 1. The number of carbonyl (C=O) groups excluding carboxylic acids is 1. The smallest absolute Gasteiger partial charge is 0.347 e. The lowest BCUT2D eigenvalue weighted by atomic mass is 10.3. The molecule has 0 aromatic heterocycles. The molecule has 0 spiro atoms. The predicted octanol–water partition coefficient (Wildman–Crippen LogP) is 2.36. The molecule has 1 atom stereocenters. The Morgan fingerprint density at radius 2 is 2.25 bits per heavy atom. The average molecular weight is 288 g/mol. The van der Waals surface area contributed by atoms with Crippen LogP contribution in [0.25, 0.3) is 0 Å². The van der Waals surface area contributed by atoms with E-state index in [9.17, 15) is 4.79 Å². The summed E-state index contributed by atoms with van der Waals surface area (Å²) in [7, 11) is 0. The Bertz CT molecular complexity index is 361. The first-order valence-electron chi connectivity index (χ1n) is 4.93. The molecule has 0 aliphatic carbocycles. The van der Waals surface area contributed by atoms with Crippen LogP contribution in [0, 0.1) is 0 Å². The average Bonchev–Trinajstić information content (AvgIpc) is 2.23. The van der Waals surface area contributed by atoms with Crippen molar-refractivity contribution in [1.82, 2.24) is 0 Å². The molecule has 0 aliphatic heterocycles. The fraction of sp³-hybridized carbons (Fsp3) is 0.364. The second-order valence-corrected chi connectivity index (χ2v) is 4.02. The SMILES string of the molecule is CCOC(=O)C(C)Oc1c(N)cccc1Br. The van der Waals surface area contributed by atoms with E-state index >= 15 is 0 Å². The Kier molecular flexibility index (Phi) is 4.61. The van der Waals surface area contributed by atoms with Gasteiger partial charge in [-0.05, 0) is 41.9 Å². The summed E-state index contributed by atoms with van der Waals surface area (Å²) >= 11 is 3.31. The lowest BCUT2D eigenvalue weighted by Crippen LogP contribution is -2.26. The van der Waals surface area contributed by atoms with Crippen molar-refractivity contribution in [3.05, 3.63) is 22.7 Å². The number of esters is 1. The Labute approximate surface area is 103 Å². The number of nitrogen functional groups attached to an aromatic ring is 1. The quantitative estimate of drug-likeness (QED) is 0.682. The van der Waals surface area contributed by atoms with Gasteiger partial charge in [0.25, 0.3) is 0 Å². The van der Waals surface area contributed by atoms with Gasteiger partial charge in [-0.1, -0.05) is 6.07 Å². The third-order valence-electron chi connectivity index (χ3n) is 1.91. The Morgan fingerprint density at radius 1 is 1.56 bits per heavy atom. The summed E-state index contributed by atoms with van der Waals surface area (Å²) in [6.45, 7) is 3.70. The van der Waals surface area contributed by atoms with Gasteiger partial charge in [-0.15, -0.1) is 0 Å². The number of anilines is 1. The summed E-state index contributed by atoms with van der Waals surface area (Å²) in [5, 5.41) is 0. The van der Waals surface area contributed by atoms with E-state index in [4.69, 9.17) is 15.2 Å². The normalized spacial score (nSPS) is 11.9. The lowest BCUT2D eigenvalue weighted by Gasteiger charge is -2.15. The lowest BCUT2D eigenvalue weighted by molar-refractivity contribution is -0.150. The number of carbonyl (C=O) groups is 1. The van der Waals surface area contributed by atoms with Crippen molar-refractivity contribution in [2.24, 2.45) is 0 Å². The van der Waals surface area contributed by atoms with Crippen molar-refractivity contribution in [2.75, 3.05) is 12.3 Å². The minimum Gasteiger partial charge on any atom is -0.476 e. The molecule has 0 fully saturated rings. The first-order chi connectivity index (χ1) is 7.56. The van der Waals surface area contributed by atoms with Crippen molar-refractivity contribution in [3.63, 3.8) is 0 Å². The zero-order valence-corrected chi connectivity index (χ0v) is 10.8. The van der Waals surface area contributed by atoms with E-state index in [0.717, 1.165) is 0 Å². The maximum atomic E-state index is 11.4. The molecule has 1 unspecified atom stereocenters. The third-order valence-corrected chi connectivity index (χ3v) is 2.54. The van der Waals surface area contributed by atoms with E-state index in [2.05, 4.69) is 15.9 Å². The molecule has 2 N–H and O–H groups in total. The van der Waals surface area contributed by atoms with Crippen LogP contribution in [0.1, 0.15) is 13.8 Å². The van der Waals surface area contributed by atoms with Crippen molar-refractivity contribution in [2.45, 2.75) is 20.0 Å². The summed E-state index contributed by atoms with van der Waals surface area (Å²) in [6, 6.07) is 5.29. The summed E-state index contributed by atoms with van der Waals surface area (Å²) in [5.74, 6) is 0.0562. The molecule has 1 aromatic carbocycles. The van der Waals surface area contributed by atoms with Crippen molar-refractivity contribution >= 4 is 27.6 Å². The molecule has 88 valence electrons. The number of benzene rings is 1. The summed E-state index contributed by atoms with van der Waals surface area (Å²) < 4.78 is 11.0. The predicted molar refractivity (Wildman–Crippen MR) is 65.3 cm³/mol. The van der Waals surface area contributed by atoms with E-state index in [-0.39, 0.29) is 0 Å². The van der Waals surface area contributed by atoms with E-state index < -0.39 is 12.1 Å². The highest BCUT2D eigenvalue weighted by molar-refractivity contribution is 9.10. The number of para-hydroxylation sites is 1. The molecule has 4 nitrogen and oxygen atoms in total. The number of halogens is 1. The molecule has 0 radical (unpaired) electrons. The minimum atomic E-state index is -0.680. The monoisotopic (exact) mass is 287 g/mol. The number of hydrogen-bond acceptors (Lipinski definition) is 4. The van der Waals surface area contributed by atoms with Crippen molar-refractivity contribution in [1.29, 1.82) is 0 Å². The van der Waals surface area contributed by atoms with Crippen LogP contribution in [0.5, 0.6) is 5.75 Å². The van der Waals surface area contributed by atoms with Crippen LogP contribution in [0.3, 0.4) is 0 Å². The van der Waals surface area contributed by atoms with Gasteiger partial charge >= 0.3 is 5.97 Å². The molecule has 0 bridgehead atoms. The van der Waals surface area contributed by atoms with Gasteiger partial charge in [0.15, 0.2) is 11.9 Å². The molecule has 0 aliphatic rings. The van der Waals surface area contributed by atoms with Crippen LogP contribution in [-0.2, 0) is 9.53 Å². The topological polar surface area (TPSA) is 61.5 Å². The van der Waals surface area contributed by atoms with E-state index in [1.807, 2.05) is 0 Å². The summed E-state index contributed by atoms with van der Waals surface area (Å²) in [6.07, 6.45) is -0.680.